The second-order valence-electron chi connectivity index (χ2n) is 7.42. The summed E-state index contributed by atoms with van der Waals surface area (Å²) in [6, 6.07) is 12.7. The van der Waals surface area contributed by atoms with Gasteiger partial charge >= 0.3 is 0 Å². The zero-order chi connectivity index (χ0) is 21.8. The Morgan fingerprint density at radius 2 is 1.63 bits per heavy atom. The van der Waals surface area contributed by atoms with Crippen molar-refractivity contribution in [1.29, 1.82) is 0 Å². The van der Waals surface area contributed by atoms with Crippen molar-refractivity contribution in [2.45, 2.75) is 56.8 Å². The molecule has 0 bridgehead atoms. The van der Waals surface area contributed by atoms with Crippen molar-refractivity contribution in [2.24, 2.45) is 0 Å². The molecule has 1 aliphatic rings. The SMILES string of the molecule is COc1ccc(Cc2ccc(CO)cc2O[C@@H]2OC([C@@H](C)O)[C@@H](O)[C@H](O)[C@H]2O)cc1. The number of hydrogen-bond donors (Lipinski definition) is 5. The summed E-state index contributed by atoms with van der Waals surface area (Å²) < 4.78 is 16.6. The quantitative estimate of drug-likeness (QED) is 0.434. The lowest BCUT2D eigenvalue weighted by molar-refractivity contribution is -0.286. The number of benzene rings is 2. The summed E-state index contributed by atoms with van der Waals surface area (Å²) in [5, 5.41) is 49.8. The summed E-state index contributed by atoms with van der Waals surface area (Å²) in [5.41, 5.74) is 2.35. The molecule has 1 aliphatic heterocycles. The van der Waals surface area contributed by atoms with Crippen LogP contribution < -0.4 is 9.47 Å². The molecule has 1 saturated heterocycles. The van der Waals surface area contributed by atoms with Crippen LogP contribution in [0.2, 0.25) is 0 Å². The highest BCUT2D eigenvalue weighted by Gasteiger charge is 2.46. The normalized spacial score (nSPS) is 27.5. The van der Waals surface area contributed by atoms with E-state index in [9.17, 15) is 25.5 Å². The summed E-state index contributed by atoms with van der Waals surface area (Å²) in [4.78, 5) is 0. The van der Waals surface area contributed by atoms with Crippen LogP contribution in [0.3, 0.4) is 0 Å². The molecule has 1 heterocycles. The largest absolute Gasteiger partial charge is 0.497 e. The Morgan fingerprint density at radius 1 is 0.967 bits per heavy atom. The van der Waals surface area contributed by atoms with Crippen molar-refractivity contribution < 1.29 is 39.7 Å². The Kier molecular flexibility index (Phi) is 7.30. The average molecular weight is 420 g/mol. The van der Waals surface area contributed by atoms with Crippen LogP contribution >= 0.6 is 0 Å². The van der Waals surface area contributed by atoms with Gasteiger partial charge in [-0.1, -0.05) is 24.3 Å². The van der Waals surface area contributed by atoms with Gasteiger partial charge in [-0.05, 0) is 41.8 Å². The van der Waals surface area contributed by atoms with Gasteiger partial charge in [-0.25, -0.2) is 0 Å². The number of hydrogen-bond acceptors (Lipinski definition) is 8. The van der Waals surface area contributed by atoms with Gasteiger partial charge in [-0.15, -0.1) is 0 Å². The van der Waals surface area contributed by atoms with Crippen LogP contribution in [0, 0.1) is 0 Å². The first-order chi connectivity index (χ1) is 14.3. The van der Waals surface area contributed by atoms with Gasteiger partial charge in [0.2, 0.25) is 6.29 Å². The van der Waals surface area contributed by atoms with Crippen LogP contribution in [0.4, 0.5) is 0 Å². The van der Waals surface area contributed by atoms with Gasteiger partial charge in [0.1, 0.15) is 35.9 Å². The highest BCUT2D eigenvalue weighted by molar-refractivity contribution is 5.41. The summed E-state index contributed by atoms with van der Waals surface area (Å²) in [6.07, 6.45) is -7.56. The van der Waals surface area contributed by atoms with E-state index < -0.39 is 36.8 Å². The molecule has 5 N–H and O–H groups in total. The van der Waals surface area contributed by atoms with Gasteiger partial charge in [0.05, 0.1) is 19.8 Å². The second-order valence-corrected chi connectivity index (χ2v) is 7.42. The standard InChI is InChI=1S/C22H28O8/c1-12(24)21-19(26)18(25)20(27)22(30-21)29-17-10-14(11-23)3-6-15(17)9-13-4-7-16(28-2)8-5-13/h3-8,10,12,18-27H,9,11H2,1-2H3/t12-,18+,19+,20-,21?,22-/m1/s1. The van der Waals surface area contributed by atoms with Crippen molar-refractivity contribution in [3.8, 4) is 11.5 Å². The monoisotopic (exact) mass is 420 g/mol. The third kappa shape index (κ3) is 4.92. The average Bonchev–Trinajstić information content (AvgIpc) is 2.75. The highest BCUT2D eigenvalue weighted by atomic mass is 16.7. The Morgan fingerprint density at radius 3 is 2.23 bits per heavy atom. The first kappa shape index (κ1) is 22.5. The van der Waals surface area contributed by atoms with E-state index in [2.05, 4.69) is 0 Å². The first-order valence-electron chi connectivity index (χ1n) is 9.74. The number of methoxy groups -OCH3 is 1. The van der Waals surface area contributed by atoms with Crippen molar-refractivity contribution in [2.75, 3.05) is 7.11 Å². The fraction of sp³-hybridized carbons (Fsp3) is 0.455. The maximum Gasteiger partial charge on any atom is 0.229 e. The van der Waals surface area contributed by atoms with Crippen LogP contribution in [0.5, 0.6) is 11.5 Å². The lowest BCUT2D eigenvalue weighted by Gasteiger charge is -2.41. The van der Waals surface area contributed by atoms with Crippen LogP contribution in [-0.2, 0) is 17.8 Å². The Bertz CT molecular complexity index is 822. The molecule has 6 atom stereocenters. The topological polar surface area (TPSA) is 129 Å². The number of aliphatic hydroxyl groups excluding tert-OH is 5. The zero-order valence-corrected chi connectivity index (χ0v) is 16.9. The molecule has 0 aromatic heterocycles. The van der Waals surface area contributed by atoms with E-state index in [1.54, 1.807) is 25.3 Å². The molecular weight excluding hydrogens is 392 g/mol. The minimum absolute atomic E-state index is 0.203. The Hall–Kier alpha value is -2.20. The maximum atomic E-state index is 10.3. The molecule has 8 heteroatoms. The predicted octanol–water partition coefficient (Wildman–Crippen LogP) is 0.345. The lowest BCUT2D eigenvalue weighted by Crippen LogP contribution is -2.61. The number of aliphatic hydroxyl groups is 5. The highest BCUT2D eigenvalue weighted by Crippen LogP contribution is 2.30. The summed E-state index contributed by atoms with van der Waals surface area (Å²) in [7, 11) is 1.59. The lowest BCUT2D eigenvalue weighted by atomic mass is 9.96. The number of ether oxygens (including phenoxy) is 3. The first-order valence-corrected chi connectivity index (χ1v) is 9.74. The molecule has 0 radical (unpaired) electrons. The van der Waals surface area contributed by atoms with E-state index in [1.807, 2.05) is 24.3 Å². The van der Waals surface area contributed by atoms with E-state index in [-0.39, 0.29) is 6.61 Å². The molecule has 0 aliphatic carbocycles. The molecule has 0 saturated carbocycles. The van der Waals surface area contributed by atoms with Gasteiger partial charge in [0, 0.05) is 6.42 Å². The fourth-order valence-electron chi connectivity index (χ4n) is 3.41. The van der Waals surface area contributed by atoms with Gasteiger partial charge < -0.3 is 39.7 Å². The molecule has 0 spiro atoms. The summed E-state index contributed by atoms with van der Waals surface area (Å²) >= 11 is 0. The zero-order valence-electron chi connectivity index (χ0n) is 16.9. The molecule has 30 heavy (non-hydrogen) atoms. The van der Waals surface area contributed by atoms with E-state index in [0.29, 0.717) is 17.7 Å². The predicted molar refractivity (Wildman–Crippen MR) is 107 cm³/mol. The van der Waals surface area contributed by atoms with Gasteiger partial charge in [-0.2, -0.15) is 0 Å². The Labute approximate surface area is 174 Å². The fourth-order valence-corrected chi connectivity index (χ4v) is 3.41. The van der Waals surface area contributed by atoms with Gasteiger partial charge in [0.25, 0.3) is 0 Å². The minimum Gasteiger partial charge on any atom is -0.497 e. The molecule has 0 amide bonds. The van der Waals surface area contributed by atoms with Crippen LogP contribution in [0.15, 0.2) is 42.5 Å². The molecule has 164 valence electrons. The Balaban J connectivity index is 1.86. The third-order valence-electron chi connectivity index (χ3n) is 5.19. The van der Waals surface area contributed by atoms with Crippen molar-refractivity contribution >= 4 is 0 Å². The van der Waals surface area contributed by atoms with Crippen LogP contribution in [0.25, 0.3) is 0 Å². The van der Waals surface area contributed by atoms with E-state index in [0.717, 1.165) is 16.9 Å². The molecule has 1 fully saturated rings. The number of rotatable bonds is 7. The summed E-state index contributed by atoms with van der Waals surface area (Å²) in [6.45, 7) is 1.21. The van der Waals surface area contributed by atoms with E-state index >= 15 is 0 Å². The smallest absolute Gasteiger partial charge is 0.229 e. The van der Waals surface area contributed by atoms with Gasteiger partial charge in [-0.3, -0.25) is 0 Å². The third-order valence-corrected chi connectivity index (χ3v) is 5.19. The van der Waals surface area contributed by atoms with Gasteiger partial charge in [0.15, 0.2) is 0 Å². The molecule has 1 unspecified atom stereocenters. The minimum atomic E-state index is -1.55. The van der Waals surface area contributed by atoms with Crippen molar-refractivity contribution in [3.63, 3.8) is 0 Å². The van der Waals surface area contributed by atoms with Crippen molar-refractivity contribution in [1.82, 2.24) is 0 Å². The maximum absolute atomic E-state index is 10.3. The van der Waals surface area contributed by atoms with Crippen LogP contribution in [-0.4, -0.2) is 69.5 Å². The molecule has 2 aromatic rings. The second kappa shape index (κ2) is 9.74. The summed E-state index contributed by atoms with van der Waals surface area (Å²) in [5.74, 6) is 1.09. The molecular formula is C22H28O8. The van der Waals surface area contributed by atoms with E-state index in [1.165, 1.54) is 6.92 Å². The molecule has 3 rings (SSSR count). The van der Waals surface area contributed by atoms with E-state index in [4.69, 9.17) is 14.2 Å². The van der Waals surface area contributed by atoms with Crippen molar-refractivity contribution in [3.05, 3.63) is 59.2 Å². The van der Waals surface area contributed by atoms with Crippen LogP contribution in [0.1, 0.15) is 23.6 Å². The molecule has 2 aromatic carbocycles. The molecule has 8 nitrogen and oxygen atoms in total.